The van der Waals surface area contributed by atoms with E-state index in [1.54, 1.807) is 14.1 Å². The van der Waals surface area contributed by atoms with Crippen molar-refractivity contribution >= 4 is 11.9 Å². The SMILES string of the molecule is CCNC(=NCc1cccc(OCC(=O)N(C)C)c1)NC(C)CC. The number of nitrogens with one attached hydrogen (secondary N) is 2. The minimum atomic E-state index is -0.0643. The molecule has 1 aromatic carbocycles. The number of benzene rings is 1. The van der Waals surface area contributed by atoms with Gasteiger partial charge in [-0.05, 0) is 38.0 Å². The van der Waals surface area contributed by atoms with Crippen LogP contribution < -0.4 is 15.4 Å². The normalized spacial score (nSPS) is 12.5. The number of aliphatic imine (C=N–C) groups is 1. The molecule has 0 radical (unpaired) electrons. The fraction of sp³-hybridized carbons (Fsp3) is 0.556. The van der Waals surface area contributed by atoms with E-state index in [4.69, 9.17) is 4.74 Å². The van der Waals surface area contributed by atoms with E-state index in [0.717, 1.165) is 24.5 Å². The number of ether oxygens (including phenoxy) is 1. The maximum atomic E-state index is 11.6. The Morgan fingerprint density at radius 2 is 2.08 bits per heavy atom. The summed E-state index contributed by atoms with van der Waals surface area (Å²) in [7, 11) is 3.42. The minimum Gasteiger partial charge on any atom is -0.484 e. The number of guanidine groups is 1. The summed E-state index contributed by atoms with van der Waals surface area (Å²) < 4.78 is 5.54. The predicted molar refractivity (Wildman–Crippen MR) is 98.3 cm³/mol. The zero-order chi connectivity index (χ0) is 17.9. The van der Waals surface area contributed by atoms with E-state index in [0.29, 0.717) is 18.3 Å². The molecule has 0 saturated carbocycles. The molecule has 6 heteroatoms. The second-order valence-electron chi connectivity index (χ2n) is 5.87. The monoisotopic (exact) mass is 334 g/mol. The first kappa shape index (κ1) is 19.8. The van der Waals surface area contributed by atoms with Crippen molar-refractivity contribution in [1.82, 2.24) is 15.5 Å². The zero-order valence-corrected chi connectivity index (χ0v) is 15.4. The molecule has 0 heterocycles. The fourth-order valence-electron chi connectivity index (χ4n) is 1.83. The van der Waals surface area contributed by atoms with Crippen LogP contribution in [0.4, 0.5) is 0 Å². The maximum absolute atomic E-state index is 11.6. The average molecular weight is 334 g/mol. The van der Waals surface area contributed by atoms with E-state index in [2.05, 4.69) is 29.5 Å². The van der Waals surface area contributed by atoms with E-state index in [1.165, 1.54) is 4.90 Å². The number of carbonyl (C=O) groups excluding carboxylic acids is 1. The van der Waals surface area contributed by atoms with Crippen LogP contribution in [0, 0.1) is 0 Å². The number of rotatable bonds is 8. The topological polar surface area (TPSA) is 66.0 Å². The standard InChI is InChI=1S/C18H30N4O2/c1-6-14(3)21-18(19-7-2)20-12-15-9-8-10-16(11-15)24-13-17(23)22(4)5/h8-11,14H,6-7,12-13H2,1-5H3,(H2,19,20,21). The second kappa shape index (κ2) is 10.5. The van der Waals surface area contributed by atoms with Gasteiger partial charge in [-0.25, -0.2) is 4.99 Å². The lowest BCUT2D eigenvalue weighted by atomic mass is 10.2. The van der Waals surface area contributed by atoms with Crippen LogP contribution in [0.15, 0.2) is 29.3 Å². The molecule has 0 aliphatic carbocycles. The summed E-state index contributed by atoms with van der Waals surface area (Å²) in [5, 5.41) is 6.61. The molecular formula is C18H30N4O2. The molecular weight excluding hydrogens is 304 g/mol. The van der Waals surface area contributed by atoms with E-state index in [-0.39, 0.29) is 12.5 Å². The van der Waals surface area contributed by atoms with Gasteiger partial charge in [0, 0.05) is 26.7 Å². The van der Waals surface area contributed by atoms with Gasteiger partial charge in [-0.15, -0.1) is 0 Å². The molecule has 1 amide bonds. The van der Waals surface area contributed by atoms with Crippen molar-refractivity contribution in [3.05, 3.63) is 29.8 Å². The Kier molecular flexibility index (Phi) is 8.68. The fourth-order valence-corrected chi connectivity index (χ4v) is 1.83. The smallest absolute Gasteiger partial charge is 0.259 e. The molecule has 0 saturated heterocycles. The summed E-state index contributed by atoms with van der Waals surface area (Å²) in [5.74, 6) is 1.42. The van der Waals surface area contributed by atoms with Crippen molar-refractivity contribution in [3.8, 4) is 5.75 Å². The number of nitrogens with zero attached hydrogens (tertiary/aromatic N) is 2. The Bertz CT molecular complexity index is 544. The predicted octanol–water partition coefficient (Wildman–Crippen LogP) is 2.01. The molecule has 2 N–H and O–H groups in total. The molecule has 0 aliphatic rings. The molecule has 6 nitrogen and oxygen atoms in total. The summed E-state index contributed by atoms with van der Waals surface area (Å²) in [5.41, 5.74) is 1.03. The number of amides is 1. The summed E-state index contributed by atoms with van der Waals surface area (Å²) in [6.07, 6.45) is 1.04. The largest absolute Gasteiger partial charge is 0.484 e. The van der Waals surface area contributed by atoms with Gasteiger partial charge in [0.15, 0.2) is 12.6 Å². The van der Waals surface area contributed by atoms with Gasteiger partial charge < -0.3 is 20.3 Å². The van der Waals surface area contributed by atoms with E-state index in [9.17, 15) is 4.79 Å². The second-order valence-corrected chi connectivity index (χ2v) is 5.87. The first-order valence-corrected chi connectivity index (χ1v) is 8.43. The van der Waals surface area contributed by atoms with Crippen LogP contribution in [-0.4, -0.2) is 50.1 Å². The van der Waals surface area contributed by atoms with Crippen LogP contribution in [-0.2, 0) is 11.3 Å². The minimum absolute atomic E-state index is 0.0396. The van der Waals surface area contributed by atoms with Crippen molar-refractivity contribution in [2.45, 2.75) is 39.8 Å². The van der Waals surface area contributed by atoms with Crippen LogP contribution in [0.25, 0.3) is 0 Å². The first-order valence-electron chi connectivity index (χ1n) is 8.43. The molecule has 134 valence electrons. The molecule has 1 unspecified atom stereocenters. The molecule has 24 heavy (non-hydrogen) atoms. The van der Waals surface area contributed by atoms with Gasteiger partial charge in [0.2, 0.25) is 0 Å². The Morgan fingerprint density at radius 1 is 1.33 bits per heavy atom. The third-order valence-corrected chi connectivity index (χ3v) is 3.52. The van der Waals surface area contributed by atoms with Crippen molar-refractivity contribution in [3.63, 3.8) is 0 Å². The molecule has 0 bridgehead atoms. The highest BCUT2D eigenvalue weighted by molar-refractivity contribution is 5.80. The van der Waals surface area contributed by atoms with Gasteiger partial charge in [0.25, 0.3) is 5.91 Å². The van der Waals surface area contributed by atoms with Gasteiger partial charge in [-0.2, -0.15) is 0 Å². The lowest BCUT2D eigenvalue weighted by Crippen LogP contribution is -2.41. The summed E-state index contributed by atoms with van der Waals surface area (Å²) in [4.78, 5) is 17.7. The zero-order valence-electron chi connectivity index (χ0n) is 15.4. The third-order valence-electron chi connectivity index (χ3n) is 3.52. The van der Waals surface area contributed by atoms with Crippen LogP contribution >= 0.6 is 0 Å². The number of likely N-dealkylation sites (N-methyl/N-ethyl adjacent to an activating group) is 1. The van der Waals surface area contributed by atoms with Crippen LogP contribution in [0.3, 0.4) is 0 Å². The molecule has 1 aromatic rings. The van der Waals surface area contributed by atoms with Gasteiger partial charge >= 0.3 is 0 Å². The van der Waals surface area contributed by atoms with Gasteiger partial charge in [-0.1, -0.05) is 19.1 Å². The Hall–Kier alpha value is -2.24. The Morgan fingerprint density at radius 3 is 2.71 bits per heavy atom. The summed E-state index contributed by atoms with van der Waals surface area (Å²) in [6, 6.07) is 8.04. The quantitative estimate of drug-likeness (QED) is 0.564. The van der Waals surface area contributed by atoms with Gasteiger partial charge in [-0.3, -0.25) is 4.79 Å². The van der Waals surface area contributed by atoms with E-state index in [1.807, 2.05) is 31.2 Å². The Balaban J connectivity index is 2.67. The number of carbonyl (C=O) groups is 1. The molecule has 0 spiro atoms. The van der Waals surface area contributed by atoms with Crippen molar-refractivity contribution in [2.75, 3.05) is 27.2 Å². The van der Waals surface area contributed by atoms with Gasteiger partial charge in [0.1, 0.15) is 5.75 Å². The van der Waals surface area contributed by atoms with Crippen LogP contribution in [0.1, 0.15) is 32.8 Å². The summed E-state index contributed by atoms with van der Waals surface area (Å²) >= 11 is 0. The summed E-state index contributed by atoms with van der Waals surface area (Å²) in [6.45, 7) is 7.71. The van der Waals surface area contributed by atoms with Gasteiger partial charge in [0.05, 0.1) is 6.54 Å². The lowest BCUT2D eigenvalue weighted by Gasteiger charge is -2.16. The average Bonchev–Trinajstić information content (AvgIpc) is 2.57. The molecule has 0 aliphatic heterocycles. The molecule has 0 fully saturated rings. The first-order chi connectivity index (χ1) is 11.5. The highest BCUT2D eigenvalue weighted by atomic mass is 16.5. The highest BCUT2D eigenvalue weighted by Crippen LogP contribution is 2.14. The maximum Gasteiger partial charge on any atom is 0.259 e. The highest BCUT2D eigenvalue weighted by Gasteiger charge is 2.06. The molecule has 0 aromatic heterocycles. The third kappa shape index (κ3) is 7.35. The molecule has 1 atom stereocenters. The van der Waals surface area contributed by atoms with Crippen LogP contribution in [0.5, 0.6) is 5.75 Å². The Labute approximate surface area is 145 Å². The van der Waals surface area contributed by atoms with E-state index < -0.39 is 0 Å². The van der Waals surface area contributed by atoms with Crippen molar-refractivity contribution < 1.29 is 9.53 Å². The van der Waals surface area contributed by atoms with Crippen molar-refractivity contribution in [2.24, 2.45) is 4.99 Å². The lowest BCUT2D eigenvalue weighted by molar-refractivity contribution is -0.130. The molecule has 1 rings (SSSR count). The number of hydrogen-bond donors (Lipinski definition) is 2. The van der Waals surface area contributed by atoms with E-state index >= 15 is 0 Å². The van der Waals surface area contributed by atoms with Crippen LogP contribution in [0.2, 0.25) is 0 Å². The van der Waals surface area contributed by atoms with Crippen molar-refractivity contribution in [1.29, 1.82) is 0 Å². The number of hydrogen-bond acceptors (Lipinski definition) is 3.